The minimum Gasteiger partial charge on any atom is -0.459 e. The first-order valence-corrected chi connectivity index (χ1v) is 15.4. The number of hydrogen-bond acceptors (Lipinski definition) is 9. The fourth-order valence-corrected chi connectivity index (χ4v) is 7.42. The SMILES string of the molecule is CC(C)(C)OC(=O)C(C)(C)Sc1nc(CCN(c2ccc(Br)cc2)S(=O)(=O)c2ccccc2[N+](=O)[O-])cs1. The van der Waals surface area contributed by atoms with Crippen LogP contribution in [-0.4, -0.2) is 41.2 Å². The number of halogens is 1. The maximum atomic E-state index is 13.7. The fourth-order valence-electron chi connectivity index (χ4n) is 3.27. The van der Waals surface area contributed by atoms with Gasteiger partial charge in [-0.3, -0.25) is 19.2 Å². The van der Waals surface area contributed by atoms with Gasteiger partial charge in [0.2, 0.25) is 0 Å². The predicted octanol–water partition coefficient (Wildman–Crippen LogP) is 6.46. The van der Waals surface area contributed by atoms with Gasteiger partial charge in [-0.25, -0.2) is 13.4 Å². The van der Waals surface area contributed by atoms with E-state index in [0.29, 0.717) is 15.7 Å². The lowest BCUT2D eigenvalue weighted by molar-refractivity contribution is -0.387. The molecule has 3 aromatic rings. The zero-order valence-corrected chi connectivity index (χ0v) is 25.5. The van der Waals surface area contributed by atoms with E-state index in [1.54, 1.807) is 38.1 Å². The first-order valence-electron chi connectivity index (χ1n) is 11.5. The van der Waals surface area contributed by atoms with Crippen molar-refractivity contribution in [3.63, 3.8) is 0 Å². The van der Waals surface area contributed by atoms with Crippen LogP contribution in [0, 0.1) is 10.1 Å². The normalized spacial score (nSPS) is 12.3. The molecule has 0 bridgehead atoms. The molecule has 3 rings (SSSR count). The third kappa shape index (κ3) is 7.55. The number of sulfonamides is 1. The lowest BCUT2D eigenvalue weighted by Gasteiger charge is -2.27. The molecule has 204 valence electrons. The lowest BCUT2D eigenvalue weighted by atomic mass is 10.1. The number of para-hydroxylation sites is 1. The molecule has 0 saturated carbocycles. The van der Waals surface area contributed by atoms with E-state index in [-0.39, 0.29) is 23.8 Å². The van der Waals surface area contributed by atoms with Gasteiger partial charge in [0.1, 0.15) is 10.3 Å². The van der Waals surface area contributed by atoms with E-state index < -0.39 is 31.0 Å². The van der Waals surface area contributed by atoms with E-state index in [0.717, 1.165) is 8.78 Å². The second-order valence-corrected chi connectivity index (χ2v) is 15.2. The van der Waals surface area contributed by atoms with Crippen LogP contribution in [0.5, 0.6) is 0 Å². The van der Waals surface area contributed by atoms with Gasteiger partial charge in [0, 0.05) is 28.9 Å². The minimum absolute atomic E-state index is 0.000682. The predicted molar refractivity (Wildman–Crippen MR) is 153 cm³/mol. The number of carbonyl (C=O) groups is 1. The van der Waals surface area contributed by atoms with Crippen LogP contribution in [0.2, 0.25) is 0 Å². The van der Waals surface area contributed by atoms with Crippen LogP contribution in [0.25, 0.3) is 0 Å². The van der Waals surface area contributed by atoms with Crippen molar-refractivity contribution in [2.24, 2.45) is 0 Å². The molecule has 0 unspecified atom stereocenters. The number of thiazole rings is 1. The molecular weight excluding hydrogens is 614 g/mol. The smallest absolute Gasteiger partial charge is 0.322 e. The molecule has 2 aromatic carbocycles. The standard InChI is InChI=1S/C25H28BrN3O6S3/c1-24(2,3)35-22(30)25(4,5)37-23-27-18(16-36-23)14-15-28(19-12-10-17(26)11-13-19)38(33,34)21-9-7-6-8-20(21)29(31)32/h6-13,16H,14-15H2,1-5H3. The average molecular weight is 643 g/mol. The second kappa shape index (κ2) is 11.7. The number of thioether (sulfide) groups is 1. The summed E-state index contributed by atoms with van der Waals surface area (Å²) in [5, 5.41) is 13.4. The number of anilines is 1. The van der Waals surface area contributed by atoms with Gasteiger partial charge in [-0.2, -0.15) is 0 Å². The Hall–Kier alpha value is -2.48. The van der Waals surface area contributed by atoms with Gasteiger partial charge in [-0.05, 0) is 65.0 Å². The summed E-state index contributed by atoms with van der Waals surface area (Å²) in [5.74, 6) is -0.358. The third-order valence-corrected chi connectivity index (χ3v) is 9.65. The van der Waals surface area contributed by atoms with Crippen molar-refractivity contribution >= 4 is 66.4 Å². The molecule has 1 aromatic heterocycles. The maximum absolute atomic E-state index is 13.7. The van der Waals surface area contributed by atoms with Gasteiger partial charge < -0.3 is 4.74 Å². The Morgan fingerprint density at radius 3 is 2.37 bits per heavy atom. The van der Waals surface area contributed by atoms with Gasteiger partial charge in [0.05, 0.1) is 16.3 Å². The van der Waals surface area contributed by atoms with Crippen molar-refractivity contribution in [1.29, 1.82) is 0 Å². The van der Waals surface area contributed by atoms with Crippen molar-refractivity contribution in [3.05, 3.63) is 74.2 Å². The van der Waals surface area contributed by atoms with Gasteiger partial charge in [0.25, 0.3) is 15.7 Å². The largest absolute Gasteiger partial charge is 0.459 e. The Bertz CT molecular complexity index is 1420. The molecule has 9 nitrogen and oxygen atoms in total. The first kappa shape index (κ1) is 30.1. The number of carbonyl (C=O) groups excluding carboxylic acids is 1. The Morgan fingerprint density at radius 2 is 1.76 bits per heavy atom. The summed E-state index contributed by atoms with van der Waals surface area (Å²) in [4.78, 5) is 27.7. The van der Waals surface area contributed by atoms with Crippen molar-refractivity contribution < 1.29 is 22.9 Å². The van der Waals surface area contributed by atoms with Crippen LogP contribution < -0.4 is 4.31 Å². The number of rotatable bonds is 10. The highest BCUT2D eigenvalue weighted by Crippen LogP contribution is 2.37. The van der Waals surface area contributed by atoms with E-state index in [1.165, 1.54) is 47.4 Å². The van der Waals surface area contributed by atoms with Crippen LogP contribution >= 0.6 is 39.0 Å². The quantitative estimate of drug-likeness (QED) is 0.107. The molecule has 0 fully saturated rings. The van der Waals surface area contributed by atoms with Crippen LogP contribution in [-0.2, 0) is 26.0 Å². The molecule has 13 heteroatoms. The minimum atomic E-state index is -4.28. The third-order valence-electron chi connectivity index (χ3n) is 5.08. The van der Waals surface area contributed by atoms with Gasteiger partial charge in [-0.1, -0.05) is 39.8 Å². The highest BCUT2D eigenvalue weighted by Gasteiger charge is 2.35. The number of hydrogen-bond donors (Lipinski definition) is 0. The number of esters is 1. The highest BCUT2D eigenvalue weighted by molar-refractivity contribution is 9.10. The molecule has 0 aliphatic carbocycles. The van der Waals surface area contributed by atoms with Crippen LogP contribution in [0.3, 0.4) is 0 Å². The van der Waals surface area contributed by atoms with Crippen molar-refractivity contribution in [2.75, 3.05) is 10.8 Å². The molecule has 1 heterocycles. The zero-order chi connectivity index (χ0) is 28.3. The van der Waals surface area contributed by atoms with E-state index >= 15 is 0 Å². The molecule has 0 N–H and O–H groups in total. The number of nitrogens with zero attached hydrogens (tertiary/aromatic N) is 3. The van der Waals surface area contributed by atoms with Crippen molar-refractivity contribution in [1.82, 2.24) is 4.98 Å². The molecule has 0 saturated heterocycles. The topological polar surface area (TPSA) is 120 Å². The molecule has 38 heavy (non-hydrogen) atoms. The Morgan fingerprint density at radius 1 is 1.13 bits per heavy atom. The molecular formula is C25H28BrN3O6S3. The highest BCUT2D eigenvalue weighted by atomic mass is 79.9. The number of benzene rings is 2. The average Bonchev–Trinajstić information content (AvgIpc) is 3.25. The summed E-state index contributed by atoms with van der Waals surface area (Å²) in [6.07, 6.45) is 0.250. The molecule has 0 spiro atoms. The lowest BCUT2D eigenvalue weighted by Crippen LogP contribution is -2.36. The Kier molecular flexibility index (Phi) is 9.28. The van der Waals surface area contributed by atoms with E-state index in [4.69, 9.17) is 4.74 Å². The molecule has 0 aliphatic heterocycles. The molecule has 0 radical (unpaired) electrons. The summed E-state index contributed by atoms with van der Waals surface area (Å²) < 4.78 is 34.6. The number of nitro benzene ring substituents is 1. The van der Waals surface area contributed by atoms with Gasteiger partial charge >= 0.3 is 5.97 Å². The van der Waals surface area contributed by atoms with Gasteiger partial charge in [-0.15, -0.1) is 11.3 Å². The molecule has 0 atom stereocenters. The zero-order valence-electron chi connectivity index (χ0n) is 21.5. The monoisotopic (exact) mass is 641 g/mol. The van der Waals surface area contributed by atoms with Crippen LogP contribution in [0.4, 0.5) is 11.4 Å². The second-order valence-electron chi connectivity index (χ2n) is 9.75. The summed E-state index contributed by atoms with van der Waals surface area (Å²) in [6.45, 7) is 8.95. The number of ether oxygens (including phenoxy) is 1. The number of nitro groups is 1. The summed E-state index contributed by atoms with van der Waals surface area (Å²) in [7, 11) is -4.28. The molecule has 0 aliphatic rings. The summed E-state index contributed by atoms with van der Waals surface area (Å²) >= 11 is 5.98. The Labute approximate surface area is 238 Å². The Balaban J connectivity index is 1.86. The first-order chi connectivity index (χ1) is 17.6. The number of aromatic nitrogens is 1. The fraction of sp³-hybridized carbons (Fsp3) is 0.360. The van der Waals surface area contributed by atoms with E-state index in [2.05, 4.69) is 20.9 Å². The summed E-state index contributed by atoms with van der Waals surface area (Å²) in [6, 6.07) is 11.9. The molecule has 0 amide bonds. The van der Waals surface area contributed by atoms with Crippen LogP contribution in [0.1, 0.15) is 40.3 Å². The summed E-state index contributed by atoms with van der Waals surface area (Å²) in [5.41, 5.74) is -0.107. The van der Waals surface area contributed by atoms with Gasteiger partial charge in [0.15, 0.2) is 9.24 Å². The van der Waals surface area contributed by atoms with Crippen LogP contribution in [0.15, 0.2) is 67.6 Å². The van der Waals surface area contributed by atoms with Crippen molar-refractivity contribution in [3.8, 4) is 0 Å². The maximum Gasteiger partial charge on any atom is 0.322 e. The van der Waals surface area contributed by atoms with Crippen molar-refractivity contribution in [2.45, 2.75) is 60.6 Å². The van der Waals surface area contributed by atoms with E-state index in [9.17, 15) is 23.3 Å². The van der Waals surface area contributed by atoms with E-state index in [1.807, 2.05) is 26.2 Å².